The van der Waals surface area contributed by atoms with Crippen LogP contribution in [0.2, 0.25) is 0 Å². The van der Waals surface area contributed by atoms with Gasteiger partial charge in [0.1, 0.15) is 5.69 Å². The molecule has 0 N–H and O–H groups in total. The summed E-state index contributed by atoms with van der Waals surface area (Å²) >= 11 is 3.66. The molecule has 0 aliphatic carbocycles. The van der Waals surface area contributed by atoms with Crippen LogP contribution in [0.25, 0.3) is 0 Å². The lowest BCUT2D eigenvalue weighted by atomic mass is 9.94. The van der Waals surface area contributed by atoms with Crippen molar-refractivity contribution in [3.05, 3.63) is 17.5 Å². The van der Waals surface area contributed by atoms with Crippen LogP contribution in [-0.2, 0) is 13.0 Å². The van der Waals surface area contributed by atoms with E-state index < -0.39 is 0 Å². The second kappa shape index (κ2) is 6.74. The fourth-order valence-electron chi connectivity index (χ4n) is 2.78. The van der Waals surface area contributed by atoms with E-state index in [9.17, 15) is 4.79 Å². The van der Waals surface area contributed by atoms with E-state index >= 15 is 0 Å². The number of nitrogens with zero attached hydrogens (tertiary/aromatic N) is 3. The summed E-state index contributed by atoms with van der Waals surface area (Å²) in [6.07, 6.45) is 3.04. The summed E-state index contributed by atoms with van der Waals surface area (Å²) in [5.74, 6) is 0.820. The first-order valence-electron chi connectivity index (χ1n) is 7.56. The topological polar surface area (TPSA) is 38.1 Å². The lowest BCUT2D eigenvalue weighted by Gasteiger charge is -2.33. The highest BCUT2D eigenvalue weighted by Crippen LogP contribution is 2.25. The number of aryl methyl sites for hydroxylation is 2. The Morgan fingerprint density at radius 2 is 2.10 bits per heavy atom. The largest absolute Gasteiger partial charge is 0.337 e. The second-order valence-electron chi connectivity index (χ2n) is 5.50. The normalized spacial score (nSPS) is 18.3. The van der Waals surface area contributed by atoms with E-state index in [0.29, 0.717) is 10.7 Å². The fraction of sp³-hybridized carbons (Fsp3) is 0.733. The molecule has 1 aromatic rings. The molecule has 0 bridgehead atoms. The second-order valence-corrected chi connectivity index (χ2v) is 6.94. The minimum Gasteiger partial charge on any atom is -0.337 e. The zero-order chi connectivity index (χ0) is 14.7. The molecule has 1 fully saturated rings. The summed E-state index contributed by atoms with van der Waals surface area (Å²) in [7, 11) is 0. The maximum atomic E-state index is 12.6. The maximum absolute atomic E-state index is 12.6. The standard InChI is InChI=1S/C15H24BrN3O/c1-4-13-10-14(19(5-2)17-13)15(20)18-8-6-12(7-9-18)11(3)16/h10-12H,4-9H2,1-3H3. The number of hydrogen-bond donors (Lipinski definition) is 0. The van der Waals surface area contributed by atoms with Crippen molar-refractivity contribution in [1.29, 1.82) is 0 Å². The molecular formula is C15H24BrN3O. The molecule has 0 radical (unpaired) electrons. The van der Waals surface area contributed by atoms with E-state index in [0.717, 1.165) is 50.3 Å². The smallest absolute Gasteiger partial charge is 0.272 e. The summed E-state index contributed by atoms with van der Waals surface area (Å²) in [4.78, 5) is 15.2. The Hall–Kier alpha value is -0.840. The maximum Gasteiger partial charge on any atom is 0.272 e. The predicted molar refractivity (Wildman–Crippen MR) is 84.3 cm³/mol. The van der Waals surface area contributed by atoms with Crippen LogP contribution < -0.4 is 0 Å². The van der Waals surface area contributed by atoms with Crippen LogP contribution in [0.4, 0.5) is 0 Å². The van der Waals surface area contributed by atoms with Crippen LogP contribution in [0, 0.1) is 5.92 Å². The van der Waals surface area contributed by atoms with Crippen LogP contribution in [-0.4, -0.2) is 38.5 Å². The highest BCUT2D eigenvalue weighted by Gasteiger charge is 2.27. The number of alkyl halides is 1. The number of amides is 1. The molecule has 0 saturated carbocycles. The van der Waals surface area contributed by atoms with Gasteiger partial charge in [-0.25, -0.2) is 0 Å². The molecule has 112 valence electrons. The lowest BCUT2D eigenvalue weighted by Crippen LogP contribution is -2.40. The van der Waals surface area contributed by atoms with Gasteiger partial charge in [0.25, 0.3) is 5.91 Å². The third-order valence-electron chi connectivity index (χ3n) is 4.19. The first-order chi connectivity index (χ1) is 9.56. The molecule has 1 amide bonds. The van der Waals surface area contributed by atoms with Crippen LogP contribution in [0.1, 0.15) is 49.8 Å². The van der Waals surface area contributed by atoms with Crippen LogP contribution in [0.3, 0.4) is 0 Å². The Morgan fingerprint density at radius 3 is 2.60 bits per heavy atom. The number of halogens is 1. The van der Waals surface area contributed by atoms with Crippen molar-refractivity contribution >= 4 is 21.8 Å². The van der Waals surface area contributed by atoms with Gasteiger partial charge in [0.05, 0.1) is 5.69 Å². The van der Waals surface area contributed by atoms with Crippen molar-refractivity contribution in [2.45, 2.75) is 51.4 Å². The first kappa shape index (κ1) is 15.5. The molecule has 2 heterocycles. The first-order valence-corrected chi connectivity index (χ1v) is 8.48. The summed E-state index contributed by atoms with van der Waals surface area (Å²) in [5.41, 5.74) is 1.74. The quantitative estimate of drug-likeness (QED) is 0.789. The number of carbonyl (C=O) groups excluding carboxylic acids is 1. The van der Waals surface area contributed by atoms with E-state index in [4.69, 9.17) is 0 Å². The molecule has 1 atom stereocenters. The SMILES string of the molecule is CCc1cc(C(=O)N2CCC(C(C)Br)CC2)n(CC)n1. The van der Waals surface area contributed by atoms with Gasteiger partial charge < -0.3 is 4.90 Å². The van der Waals surface area contributed by atoms with E-state index in [1.165, 1.54) is 0 Å². The van der Waals surface area contributed by atoms with Crippen LogP contribution in [0.5, 0.6) is 0 Å². The molecule has 0 spiro atoms. The Balaban J connectivity index is 2.07. The van der Waals surface area contributed by atoms with E-state index in [1.54, 1.807) is 0 Å². The van der Waals surface area contributed by atoms with Gasteiger partial charge in [-0.1, -0.05) is 29.8 Å². The highest BCUT2D eigenvalue weighted by molar-refractivity contribution is 9.09. The van der Waals surface area contributed by atoms with E-state index in [1.807, 2.05) is 22.6 Å². The number of carbonyl (C=O) groups is 1. The molecule has 1 unspecified atom stereocenters. The van der Waals surface area contributed by atoms with Gasteiger partial charge in [0.2, 0.25) is 0 Å². The molecule has 1 aromatic heterocycles. The summed E-state index contributed by atoms with van der Waals surface area (Å²) in [6, 6.07) is 1.95. The average Bonchev–Trinajstić information content (AvgIpc) is 2.90. The molecule has 1 saturated heterocycles. The average molecular weight is 342 g/mol. The van der Waals surface area contributed by atoms with Gasteiger partial charge in [-0.2, -0.15) is 5.10 Å². The van der Waals surface area contributed by atoms with Crippen LogP contribution in [0.15, 0.2) is 6.07 Å². The zero-order valence-electron chi connectivity index (χ0n) is 12.6. The number of rotatable bonds is 4. The Kier molecular flexibility index (Phi) is 5.24. The molecule has 0 aromatic carbocycles. The van der Waals surface area contributed by atoms with Crippen LogP contribution >= 0.6 is 15.9 Å². The number of hydrogen-bond acceptors (Lipinski definition) is 2. The molecule has 4 nitrogen and oxygen atoms in total. The van der Waals surface area contributed by atoms with Gasteiger partial charge in [-0.15, -0.1) is 0 Å². The molecule has 1 aliphatic rings. The van der Waals surface area contributed by atoms with Gasteiger partial charge in [-0.05, 0) is 38.2 Å². The monoisotopic (exact) mass is 341 g/mol. The minimum absolute atomic E-state index is 0.139. The Labute approximate surface area is 129 Å². The predicted octanol–water partition coefficient (Wildman–Crippen LogP) is 3.10. The summed E-state index contributed by atoms with van der Waals surface area (Å²) in [6.45, 7) is 8.75. The van der Waals surface area contributed by atoms with Gasteiger partial charge in [0, 0.05) is 24.5 Å². The van der Waals surface area contributed by atoms with Crippen molar-refractivity contribution in [1.82, 2.24) is 14.7 Å². The van der Waals surface area contributed by atoms with Gasteiger partial charge in [0.15, 0.2) is 0 Å². The fourth-order valence-corrected chi connectivity index (χ4v) is 3.31. The molecular weight excluding hydrogens is 318 g/mol. The summed E-state index contributed by atoms with van der Waals surface area (Å²) in [5, 5.41) is 4.47. The third kappa shape index (κ3) is 3.25. The van der Waals surface area contributed by atoms with Crippen molar-refractivity contribution in [3.63, 3.8) is 0 Å². The Morgan fingerprint density at radius 1 is 1.45 bits per heavy atom. The van der Waals surface area contributed by atoms with E-state index in [2.05, 4.69) is 34.9 Å². The van der Waals surface area contributed by atoms with Crippen molar-refractivity contribution in [2.75, 3.05) is 13.1 Å². The third-order valence-corrected chi connectivity index (χ3v) is 4.94. The van der Waals surface area contributed by atoms with E-state index in [-0.39, 0.29) is 5.91 Å². The zero-order valence-corrected chi connectivity index (χ0v) is 14.2. The number of piperidine rings is 1. The molecule has 5 heteroatoms. The van der Waals surface area contributed by atoms with Crippen molar-refractivity contribution in [3.8, 4) is 0 Å². The molecule has 2 rings (SSSR count). The molecule has 20 heavy (non-hydrogen) atoms. The van der Waals surface area contributed by atoms with Crippen molar-refractivity contribution in [2.24, 2.45) is 5.92 Å². The highest BCUT2D eigenvalue weighted by atomic mass is 79.9. The summed E-state index contributed by atoms with van der Waals surface area (Å²) < 4.78 is 1.83. The van der Waals surface area contributed by atoms with Gasteiger partial charge in [-0.3, -0.25) is 9.48 Å². The Bertz CT molecular complexity index is 462. The number of likely N-dealkylation sites (tertiary alicyclic amines) is 1. The molecule has 1 aliphatic heterocycles. The van der Waals surface area contributed by atoms with Gasteiger partial charge >= 0.3 is 0 Å². The number of aromatic nitrogens is 2. The lowest BCUT2D eigenvalue weighted by molar-refractivity contribution is 0.0679. The van der Waals surface area contributed by atoms with Crippen molar-refractivity contribution < 1.29 is 4.79 Å². The minimum atomic E-state index is 0.139.